The molecule has 0 aliphatic heterocycles. The fourth-order valence-electron chi connectivity index (χ4n) is 1.89. The maximum Gasteiger partial charge on any atom is 0.356 e. The molecule has 0 amide bonds. The second-order valence-corrected chi connectivity index (χ2v) is 4.77. The van der Waals surface area contributed by atoms with Crippen LogP contribution in [0.3, 0.4) is 0 Å². The van der Waals surface area contributed by atoms with Gasteiger partial charge in [0.2, 0.25) is 0 Å². The number of aromatic carboxylic acids is 1. The molecule has 0 bridgehead atoms. The summed E-state index contributed by atoms with van der Waals surface area (Å²) in [7, 11) is 0. The van der Waals surface area contributed by atoms with Gasteiger partial charge in [-0.3, -0.25) is 0 Å². The Bertz CT molecular complexity index is 567. The third-order valence-electron chi connectivity index (χ3n) is 2.97. The predicted molar refractivity (Wildman–Crippen MR) is 76.8 cm³/mol. The van der Waals surface area contributed by atoms with Crippen LogP contribution in [0.2, 0.25) is 0 Å². The number of rotatable bonds is 5. The van der Waals surface area contributed by atoms with Gasteiger partial charge >= 0.3 is 5.97 Å². The zero-order valence-corrected chi connectivity index (χ0v) is 11.5. The highest BCUT2D eigenvalue weighted by atomic mass is 16.4. The van der Waals surface area contributed by atoms with E-state index >= 15 is 0 Å². The molecule has 0 saturated heterocycles. The quantitative estimate of drug-likeness (QED) is 0.905. The zero-order chi connectivity index (χ0) is 14.5. The Morgan fingerprint density at radius 2 is 1.90 bits per heavy atom. The van der Waals surface area contributed by atoms with Crippen molar-refractivity contribution in [2.75, 3.05) is 4.90 Å². The summed E-state index contributed by atoms with van der Waals surface area (Å²) in [6.45, 7) is 4.84. The first-order valence-corrected chi connectivity index (χ1v) is 6.44. The molecule has 5 heteroatoms. The molecule has 0 unspecified atom stereocenters. The smallest absolute Gasteiger partial charge is 0.356 e. The maximum absolute atomic E-state index is 10.8. The highest BCUT2D eigenvalue weighted by molar-refractivity contribution is 5.84. The van der Waals surface area contributed by atoms with Crippen molar-refractivity contribution >= 4 is 11.8 Å². The molecule has 0 fully saturated rings. The average Bonchev–Trinajstić information content (AvgIpc) is 2.45. The van der Waals surface area contributed by atoms with Crippen LogP contribution in [-0.4, -0.2) is 27.1 Å². The van der Waals surface area contributed by atoms with Gasteiger partial charge in [-0.2, -0.15) is 0 Å². The predicted octanol–water partition coefficient (Wildman–Crippen LogP) is 2.59. The standard InChI is InChI=1S/C15H17N3O2/c1-11(2)18(10-12-6-4-3-5-7-12)14-9-16-13(8-17-14)15(19)20/h3-9,11H,10H2,1-2H3,(H,19,20). The number of anilines is 1. The third-order valence-corrected chi connectivity index (χ3v) is 2.97. The van der Waals surface area contributed by atoms with E-state index in [-0.39, 0.29) is 11.7 Å². The highest BCUT2D eigenvalue weighted by Crippen LogP contribution is 2.16. The molecule has 0 spiro atoms. The molecule has 0 radical (unpaired) electrons. The molecular formula is C15H17N3O2. The minimum Gasteiger partial charge on any atom is -0.476 e. The van der Waals surface area contributed by atoms with Crippen LogP contribution in [0.1, 0.15) is 29.9 Å². The molecular weight excluding hydrogens is 254 g/mol. The Balaban J connectivity index is 2.22. The monoisotopic (exact) mass is 271 g/mol. The topological polar surface area (TPSA) is 66.3 Å². The average molecular weight is 271 g/mol. The molecule has 1 heterocycles. The van der Waals surface area contributed by atoms with E-state index in [1.165, 1.54) is 18.0 Å². The third kappa shape index (κ3) is 3.32. The SMILES string of the molecule is CC(C)N(Cc1ccccc1)c1cnc(C(=O)O)cn1. The van der Waals surface area contributed by atoms with E-state index in [2.05, 4.69) is 40.8 Å². The normalized spacial score (nSPS) is 10.6. The van der Waals surface area contributed by atoms with E-state index in [0.29, 0.717) is 12.4 Å². The van der Waals surface area contributed by atoms with E-state index in [1.54, 1.807) is 0 Å². The van der Waals surface area contributed by atoms with Gasteiger partial charge in [0.05, 0.1) is 12.4 Å². The maximum atomic E-state index is 10.8. The number of carbonyl (C=O) groups is 1. The molecule has 5 nitrogen and oxygen atoms in total. The zero-order valence-electron chi connectivity index (χ0n) is 11.5. The molecule has 2 aromatic rings. The summed E-state index contributed by atoms with van der Waals surface area (Å²) in [5.74, 6) is -0.392. The van der Waals surface area contributed by atoms with Crippen LogP contribution in [0.4, 0.5) is 5.82 Å². The van der Waals surface area contributed by atoms with Crippen LogP contribution >= 0.6 is 0 Å². The van der Waals surface area contributed by atoms with Crippen molar-refractivity contribution in [1.29, 1.82) is 0 Å². The molecule has 0 aliphatic rings. The van der Waals surface area contributed by atoms with Crippen molar-refractivity contribution in [2.24, 2.45) is 0 Å². The lowest BCUT2D eigenvalue weighted by Crippen LogP contribution is -2.31. The Labute approximate surface area is 117 Å². The van der Waals surface area contributed by atoms with Crippen LogP contribution in [0, 0.1) is 0 Å². The van der Waals surface area contributed by atoms with Gasteiger partial charge in [-0.1, -0.05) is 30.3 Å². The summed E-state index contributed by atoms with van der Waals surface area (Å²) in [6.07, 6.45) is 2.80. The lowest BCUT2D eigenvalue weighted by atomic mass is 10.2. The summed E-state index contributed by atoms with van der Waals surface area (Å²) >= 11 is 0. The Morgan fingerprint density at radius 3 is 2.40 bits per heavy atom. The van der Waals surface area contributed by atoms with Crippen molar-refractivity contribution in [2.45, 2.75) is 26.4 Å². The van der Waals surface area contributed by atoms with E-state index in [9.17, 15) is 4.79 Å². The van der Waals surface area contributed by atoms with Crippen LogP contribution in [0.5, 0.6) is 0 Å². The first-order chi connectivity index (χ1) is 9.58. The van der Waals surface area contributed by atoms with Crippen molar-refractivity contribution in [3.8, 4) is 0 Å². The van der Waals surface area contributed by atoms with Crippen molar-refractivity contribution in [1.82, 2.24) is 9.97 Å². The minimum atomic E-state index is -1.07. The lowest BCUT2D eigenvalue weighted by molar-refractivity contribution is 0.0690. The Morgan fingerprint density at radius 1 is 1.20 bits per heavy atom. The number of hydrogen-bond donors (Lipinski definition) is 1. The summed E-state index contributed by atoms with van der Waals surface area (Å²) in [6, 6.07) is 10.3. The van der Waals surface area contributed by atoms with E-state index in [0.717, 1.165) is 0 Å². The van der Waals surface area contributed by atoms with Crippen LogP contribution in [0.15, 0.2) is 42.7 Å². The van der Waals surface area contributed by atoms with Gasteiger partial charge in [-0.15, -0.1) is 0 Å². The molecule has 2 rings (SSSR count). The number of benzene rings is 1. The lowest BCUT2D eigenvalue weighted by Gasteiger charge is -2.27. The molecule has 0 saturated carbocycles. The summed E-state index contributed by atoms with van der Waals surface area (Å²) in [5, 5.41) is 8.84. The number of carboxylic acid groups (broad SMARTS) is 1. The highest BCUT2D eigenvalue weighted by Gasteiger charge is 2.14. The summed E-state index contributed by atoms with van der Waals surface area (Å²) < 4.78 is 0. The minimum absolute atomic E-state index is 0.0443. The molecule has 1 aromatic heterocycles. The van der Waals surface area contributed by atoms with Crippen molar-refractivity contribution < 1.29 is 9.90 Å². The second-order valence-electron chi connectivity index (χ2n) is 4.77. The van der Waals surface area contributed by atoms with Gasteiger partial charge < -0.3 is 10.0 Å². The fourth-order valence-corrected chi connectivity index (χ4v) is 1.89. The van der Waals surface area contributed by atoms with Crippen LogP contribution < -0.4 is 4.90 Å². The van der Waals surface area contributed by atoms with Crippen LogP contribution in [-0.2, 0) is 6.54 Å². The van der Waals surface area contributed by atoms with E-state index in [1.807, 2.05) is 18.2 Å². The number of aromatic nitrogens is 2. The second kappa shape index (κ2) is 6.14. The van der Waals surface area contributed by atoms with Crippen molar-refractivity contribution in [3.63, 3.8) is 0 Å². The summed E-state index contributed by atoms with van der Waals surface area (Å²) in [4.78, 5) is 21.0. The summed E-state index contributed by atoms with van der Waals surface area (Å²) in [5.41, 5.74) is 1.13. The van der Waals surface area contributed by atoms with Gasteiger partial charge in [0, 0.05) is 12.6 Å². The molecule has 20 heavy (non-hydrogen) atoms. The first-order valence-electron chi connectivity index (χ1n) is 6.44. The van der Waals surface area contributed by atoms with Gasteiger partial charge in [-0.25, -0.2) is 14.8 Å². The Hall–Kier alpha value is -2.43. The number of hydrogen-bond acceptors (Lipinski definition) is 4. The van der Waals surface area contributed by atoms with Gasteiger partial charge in [0.1, 0.15) is 5.82 Å². The molecule has 104 valence electrons. The first kappa shape index (κ1) is 14.0. The van der Waals surface area contributed by atoms with E-state index < -0.39 is 5.97 Å². The molecule has 1 aromatic carbocycles. The molecule has 0 aliphatic carbocycles. The van der Waals surface area contributed by atoms with Gasteiger partial charge in [0.15, 0.2) is 5.69 Å². The molecule has 0 atom stereocenters. The molecule has 1 N–H and O–H groups in total. The van der Waals surface area contributed by atoms with Gasteiger partial charge in [0.25, 0.3) is 0 Å². The van der Waals surface area contributed by atoms with E-state index in [4.69, 9.17) is 5.11 Å². The number of carboxylic acids is 1. The van der Waals surface area contributed by atoms with Crippen molar-refractivity contribution in [3.05, 3.63) is 54.0 Å². The Kier molecular flexibility index (Phi) is 4.30. The fraction of sp³-hybridized carbons (Fsp3) is 0.267. The number of nitrogens with zero attached hydrogens (tertiary/aromatic N) is 3. The largest absolute Gasteiger partial charge is 0.476 e. The van der Waals surface area contributed by atoms with Crippen LogP contribution in [0.25, 0.3) is 0 Å². The van der Waals surface area contributed by atoms with Gasteiger partial charge in [-0.05, 0) is 19.4 Å².